The van der Waals surface area contributed by atoms with Gasteiger partial charge >= 0.3 is 6.09 Å². The fraction of sp³-hybridized carbons (Fsp3) is 0.273. The molecule has 0 unspecified atom stereocenters. The Kier molecular flexibility index (Phi) is 3.24. The lowest BCUT2D eigenvalue weighted by atomic mass is 10.1. The SMILES string of the molecule is O=C(N[C@H]1CN(O)C1=O)OCc1ccccc1. The second-order valence-electron chi connectivity index (χ2n) is 3.68. The van der Waals surface area contributed by atoms with Gasteiger partial charge in [0.25, 0.3) is 5.91 Å². The second-order valence-corrected chi connectivity index (χ2v) is 3.68. The summed E-state index contributed by atoms with van der Waals surface area (Å²) in [4.78, 5) is 22.3. The van der Waals surface area contributed by atoms with Crippen LogP contribution in [-0.2, 0) is 16.1 Å². The van der Waals surface area contributed by atoms with Gasteiger partial charge < -0.3 is 10.1 Å². The third-order valence-electron chi connectivity index (χ3n) is 2.41. The molecular formula is C11H12N2O4. The number of hydroxylamine groups is 2. The quantitative estimate of drug-likeness (QED) is 0.592. The Bertz CT molecular complexity index is 421. The van der Waals surface area contributed by atoms with Crippen molar-refractivity contribution < 1.29 is 19.5 Å². The topological polar surface area (TPSA) is 78.9 Å². The van der Waals surface area contributed by atoms with Gasteiger partial charge in [0.15, 0.2) is 0 Å². The summed E-state index contributed by atoms with van der Waals surface area (Å²) in [6.45, 7) is 0.246. The molecule has 17 heavy (non-hydrogen) atoms. The Morgan fingerprint density at radius 1 is 1.47 bits per heavy atom. The Hall–Kier alpha value is -2.08. The number of ether oxygens (including phenoxy) is 1. The van der Waals surface area contributed by atoms with E-state index in [0.29, 0.717) is 5.06 Å². The van der Waals surface area contributed by atoms with Crippen molar-refractivity contribution in [3.05, 3.63) is 35.9 Å². The van der Waals surface area contributed by atoms with E-state index in [4.69, 9.17) is 9.94 Å². The van der Waals surface area contributed by atoms with Crippen molar-refractivity contribution in [3.8, 4) is 0 Å². The molecule has 0 bridgehead atoms. The number of nitrogens with zero attached hydrogens (tertiary/aromatic N) is 1. The van der Waals surface area contributed by atoms with Crippen molar-refractivity contribution in [3.63, 3.8) is 0 Å². The number of benzene rings is 1. The predicted molar refractivity (Wildman–Crippen MR) is 57.1 cm³/mol. The molecular weight excluding hydrogens is 224 g/mol. The van der Waals surface area contributed by atoms with E-state index in [1.165, 1.54) is 0 Å². The molecule has 1 aliphatic heterocycles. The van der Waals surface area contributed by atoms with Gasteiger partial charge in [0.1, 0.15) is 12.6 Å². The third kappa shape index (κ3) is 2.73. The maximum Gasteiger partial charge on any atom is 0.408 e. The number of carbonyl (C=O) groups excluding carboxylic acids is 2. The monoisotopic (exact) mass is 236 g/mol. The van der Waals surface area contributed by atoms with Crippen LogP contribution in [0.5, 0.6) is 0 Å². The molecule has 0 radical (unpaired) electrons. The molecule has 1 aromatic carbocycles. The Morgan fingerprint density at radius 3 is 2.76 bits per heavy atom. The van der Waals surface area contributed by atoms with Crippen LogP contribution in [0.4, 0.5) is 4.79 Å². The van der Waals surface area contributed by atoms with Crippen LogP contribution >= 0.6 is 0 Å². The van der Waals surface area contributed by atoms with E-state index < -0.39 is 18.0 Å². The summed E-state index contributed by atoms with van der Waals surface area (Å²) in [5.74, 6) is -0.526. The minimum atomic E-state index is -0.678. The summed E-state index contributed by atoms with van der Waals surface area (Å²) in [5.41, 5.74) is 0.867. The Balaban J connectivity index is 1.73. The lowest BCUT2D eigenvalue weighted by Gasteiger charge is -2.32. The number of rotatable bonds is 3. The van der Waals surface area contributed by atoms with Gasteiger partial charge in [-0.2, -0.15) is 0 Å². The predicted octanol–water partition coefficient (Wildman–Crippen LogP) is 0.513. The fourth-order valence-electron chi connectivity index (χ4n) is 1.42. The van der Waals surface area contributed by atoms with Crippen LogP contribution in [0.25, 0.3) is 0 Å². The number of β-lactam (4-membered cyclic amide) rings is 1. The van der Waals surface area contributed by atoms with Crippen LogP contribution in [0.15, 0.2) is 30.3 Å². The average molecular weight is 236 g/mol. The summed E-state index contributed by atoms with van der Waals surface area (Å²) in [6.07, 6.45) is -0.666. The molecule has 0 aromatic heterocycles. The smallest absolute Gasteiger partial charge is 0.408 e. The highest BCUT2D eigenvalue weighted by atomic mass is 16.6. The van der Waals surface area contributed by atoms with E-state index in [2.05, 4.69) is 5.32 Å². The summed E-state index contributed by atoms with van der Waals surface area (Å²) in [5, 5.41) is 11.7. The van der Waals surface area contributed by atoms with Gasteiger partial charge in [-0.3, -0.25) is 10.0 Å². The van der Waals surface area contributed by atoms with Crippen LogP contribution in [0.2, 0.25) is 0 Å². The maximum atomic E-state index is 11.3. The molecule has 1 heterocycles. The average Bonchev–Trinajstić information content (AvgIpc) is 2.37. The van der Waals surface area contributed by atoms with Crippen molar-refractivity contribution >= 4 is 12.0 Å². The molecule has 2 rings (SSSR count). The number of hydrogen-bond acceptors (Lipinski definition) is 4. The van der Waals surface area contributed by atoms with Gasteiger partial charge in [-0.1, -0.05) is 30.3 Å². The van der Waals surface area contributed by atoms with Crippen molar-refractivity contribution in [1.82, 2.24) is 10.4 Å². The van der Waals surface area contributed by atoms with Gasteiger partial charge in [-0.15, -0.1) is 0 Å². The second kappa shape index (κ2) is 4.84. The minimum Gasteiger partial charge on any atom is -0.445 e. The molecule has 1 atom stereocenters. The molecule has 6 heteroatoms. The highest BCUT2D eigenvalue weighted by molar-refractivity contribution is 5.89. The normalized spacial score (nSPS) is 18.5. The number of hydrogen-bond donors (Lipinski definition) is 2. The van der Waals surface area contributed by atoms with E-state index in [9.17, 15) is 9.59 Å². The standard InChI is InChI=1S/C11H12N2O4/c14-10-9(6-13(10)16)12-11(15)17-7-8-4-2-1-3-5-8/h1-5,9,16H,6-7H2,(H,12,15)/t9-/m0/s1. The number of amides is 2. The molecule has 1 saturated heterocycles. The van der Waals surface area contributed by atoms with Crippen molar-refractivity contribution in [2.75, 3.05) is 6.54 Å². The van der Waals surface area contributed by atoms with Crippen LogP contribution in [-0.4, -0.2) is 34.9 Å². The molecule has 2 amide bonds. The van der Waals surface area contributed by atoms with Crippen LogP contribution in [0.1, 0.15) is 5.56 Å². The molecule has 1 fully saturated rings. The zero-order valence-electron chi connectivity index (χ0n) is 9.00. The Morgan fingerprint density at radius 2 is 2.18 bits per heavy atom. The first-order chi connectivity index (χ1) is 8.16. The van der Waals surface area contributed by atoms with Gasteiger partial charge in [-0.05, 0) is 5.56 Å². The molecule has 1 aromatic rings. The minimum absolute atomic E-state index is 0.0965. The number of carbonyl (C=O) groups is 2. The highest BCUT2D eigenvalue weighted by Crippen LogP contribution is 2.07. The highest BCUT2D eigenvalue weighted by Gasteiger charge is 2.37. The number of nitrogens with one attached hydrogen (secondary N) is 1. The Labute approximate surface area is 97.7 Å². The molecule has 0 spiro atoms. The van der Waals surface area contributed by atoms with E-state index in [0.717, 1.165) is 5.56 Å². The van der Waals surface area contributed by atoms with Gasteiger partial charge in [0, 0.05) is 0 Å². The van der Waals surface area contributed by atoms with E-state index in [1.807, 2.05) is 30.3 Å². The summed E-state index contributed by atoms with van der Waals surface area (Å²) in [6, 6.07) is 8.54. The molecule has 2 N–H and O–H groups in total. The van der Waals surface area contributed by atoms with Crippen LogP contribution in [0.3, 0.4) is 0 Å². The largest absolute Gasteiger partial charge is 0.445 e. The van der Waals surface area contributed by atoms with E-state index in [1.54, 1.807) is 0 Å². The maximum absolute atomic E-state index is 11.3. The molecule has 0 aliphatic carbocycles. The van der Waals surface area contributed by atoms with Gasteiger partial charge in [-0.25, -0.2) is 9.86 Å². The van der Waals surface area contributed by atoms with Crippen molar-refractivity contribution in [2.45, 2.75) is 12.6 Å². The summed E-state index contributed by atoms with van der Waals surface area (Å²) >= 11 is 0. The van der Waals surface area contributed by atoms with Gasteiger partial charge in [0.05, 0.1) is 6.54 Å². The number of alkyl carbamates (subject to hydrolysis) is 1. The third-order valence-corrected chi connectivity index (χ3v) is 2.41. The molecule has 6 nitrogen and oxygen atoms in total. The van der Waals surface area contributed by atoms with Crippen LogP contribution in [0, 0.1) is 0 Å². The summed E-state index contributed by atoms with van der Waals surface area (Å²) in [7, 11) is 0. The summed E-state index contributed by atoms with van der Waals surface area (Å²) < 4.78 is 4.92. The van der Waals surface area contributed by atoms with Crippen molar-refractivity contribution in [2.24, 2.45) is 0 Å². The lowest BCUT2D eigenvalue weighted by Crippen LogP contribution is -2.62. The van der Waals surface area contributed by atoms with E-state index >= 15 is 0 Å². The molecule has 90 valence electrons. The first-order valence-electron chi connectivity index (χ1n) is 5.14. The van der Waals surface area contributed by atoms with E-state index in [-0.39, 0.29) is 13.2 Å². The first kappa shape index (κ1) is 11.4. The van der Waals surface area contributed by atoms with Gasteiger partial charge in [0.2, 0.25) is 0 Å². The molecule has 1 aliphatic rings. The lowest BCUT2D eigenvalue weighted by molar-refractivity contribution is -0.190. The van der Waals surface area contributed by atoms with Crippen molar-refractivity contribution in [1.29, 1.82) is 0 Å². The van der Waals surface area contributed by atoms with Crippen LogP contribution < -0.4 is 5.32 Å². The zero-order valence-corrected chi connectivity index (χ0v) is 9.00. The molecule has 0 saturated carbocycles. The first-order valence-corrected chi connectivity index (χ1v) is 5.14. The zero-order chi connectivity index (χ0) is 12.3. The fourth-order valence-corrected chi connectivity index (χ4v) is 1.42.